The molecule has 0 unspecified atom stereocenters. The SMILES string of the molecule is O=S(=O)(c1cc[nH]c1)c1ccc2c(c1)CCC[C@H]2CN1CCC1. The first-order valence-corrected chi connectivity index (χ1v) is 9.86. The van der Waals surface area contributed by atoms with Gasteiger partial charge < -0.3 is 9.88 Å². The summed E-state index contributed by atoms with van der Waals surface area (Å²) in [5, 5.41) is 0. The van der Waals surface area contributed by atoms with Crippen LogP contribution in [0.25, 0.3) is 0 Å². The maximum absolute atomic E-state index is 12.7. The lowest BCUT2D eigenvalue weighted by Crippen LogP contribution is -2.40. The lowest BCUT2D eigenvalue weighted by Gasteiger charge is -2.36. The Morgan fingerprint density at radius 2 is 2.00 bits per heavy atom. The number of H-pyrrole nitrogens is 1. The van der Waals surface area contributed by atoms with Crippen LogP contribution >= 0.6 is 0 Å². The van der Waals surface area contributed by atoms with Gasteiger partial charge in [0.2, 0.25) is 9.84 Å². The van der Waals surface area contributed by atoms with Crippen LogP contribution in [0, 0.1) is 0 Å². The van der Waals surface area contributed by atoms with Crippen LogP contribution in [0.15, 0.2) is 46.5 Å². The van der Waals surface area contributed by atoms with E-state index in [0.717, 1.165) is 19.4 Å². The number of fused-ring (bicyclic) bond motifs is 1. The Labute approximate surface area is 137 Å². The highest BCUT2D eigenvalue weighted by Crippen LogP contribution is 2.35. The normalized spacial score (nSPS) is 21.7. The van der Waals surface area contributed by atoms with Crippen LogP contribution in [0.3, 0.4) is 0 Å². The lowest BCUT2D eigenvalue weighted by atomic mass is 9.82. The fourth-order valence-corrected chi connectivity index (χ4v) is 5.02. The maximum atomic E-state index is 12.7. The zero-order chi connectivity index (χ0) is 15.9. The highest BCUT2D eigenvalue weighted by molar-refractivity contribution is 7.91. The third-order valence-electron chi connectivity index (χ3n) is 5.17. The molecule has 23 heavy (non-hydrogen) atoms. The molecule has 1 aliphatic carbocycles. The molecular weight excluding hydrogens is 308 g/mol. The fraction of sp³-hybridized carbons (Fsp3) is 0.444. The smallest absolute Gasteiger partial charge is 0.208 e. The molecule has 122 valence electrons. The summed E-state index contributed by atoms with van der Waals surface area (Å²) in [5.41, 5.74) is 2.58. The molecule has 2 heterocycles. The largest absolute Gasteiger partial charge is 0.366 e. The van der Waals surface area contributed by atoms with Gasteiger partial charge in [0.1, 0.15) is 0 Å². The lowest BCUT2D eigenvalue weighted by molar-refractivity contribution is 0.165. The summed E-state index contributed by atoms with van der Waals surface area (Å²) in [6, 6.07) is 7.36. The molecule has 1 fully saturated rings. The van der Waals surface area contributed by atoms with Gasteiger partial charge in [0.05, 0.1) is 9.79 Å². The van der Waals surface area contributed by atoms with Gasteiger partial charge in [-0.2, -0.15) is 0 Å². The molecule has 0 amide bonds. The summed E-state index contributed by atoms with van der Waals surface area (Å²) in [5.74, 6) is 0.558. The van der Waals surface area contributed by atoms with Crippen molar-refractivity contribution in [3.63, 3.8) is 0 Å². The third kappa shape index (κ3) is 2.72. The molecule has 2 aliphatic rings. The van der Waals surface area contributed by atoms with Crippen molar-refractivity contribution >= 4 is 9.84 Å². The minimum atomic E-state index is -3.40. The molecular formula is C18H22N2O2S. The molecule has 1 aromatic heterocycles. The molecule has 1 aromatic carbocycles. The number of likely N-dealkylation sites (tertiary alicyclic amines) is 1. The number of rotatable bonds is 4. The molecule has 1 N–H and O–H groups in total. The number of aromatic amines is 1. The zero-order valence-electron chi connectivity index (χ0n) is 13.2. The maximum Gasteiger partial charge on any atom is 0.208 e. The van der Waals surface area contributed by atoms with Crippen LogP contribution < -0.4 is 0 Å². The summed E-state index contributed by atoms with van der Waals surface area (Å²) in [4.78, 5) is 6.08. The Morgan fingerprint density at radius 1 is 1.13 bits per heavy atom. The minimum absolute atomic E-state index is 0.338. The number of aromatic nitrogens is 1. The Bertz CT molecular complexity index is 792. The van der Waals surface area contributed by atoms with Crippen molar-refractivity contribution in [2.75, 3.05) is 19.6 Å². The summed E-state index contributed by atoms with van der Waals surface area (Å²) in [7, 11) is -3.40. The predicted molar refractivity (Wildman–Crippen MR) is 89.4 cm³/mol. The van der Waals surface area contributed by atoms with Crippen molar-refractivity contribution in [2.45, 2.75) is 41.4 Å². The van der Waals surface area contributed by atoms with Crippen molar-refractivity contribution in [1.82, 2.24) is 9.88 Å². The van der Waals surface area contributed by atoms with Gasteiger partial charge in [-0.05, 0) is 74.0 Å². The van der Waals surface area contributed by atoms with Crippen LogP contribution in [-0.2, 0) is 16.3 Å². The van der Waals surface area contributed by atoms with E-state index >= 15 is 0 Å². The van der Waals surface area contributed by atoms with E-state index in [-0.39, 0.29) is 0 Å². The second-order valence-corrected chi connectivity index (χ2v) is 8.60. The first-order chi connectivity index (χ1) is 11.1. The first-order valence-electron chi connectivity index (χ1n) is 8.38. The Kier molecular flexibility index (Phi) is 3.77. The predicted octanol–water partition coefficient (Wildman–Crippen LogP) is 2.97. The van der Waals surface area contributed by atoms with Gasteiger partial charge in [-0.1, -0.05) is 6.07 Å². The van der Waals surface area contributed by atoms with Crippen LogP contribution in [0.4, 0.5) is 0 Å². The monoisotopic (exact) mass is 330 g/mol. The Balaban J connectivity index is 1.65. The average Bonchev–Trinajstić information content (AvgIpc) is 3.05. The van der Waals surface area contributed by atoms with Gasteiger partial charge in [0.25, 0.3) is 0 Å². The number of nitrogens with one attached hydrogen (secondary N) is 1. The summed E-state index contributed by atoms with van der Waals surface area (Å²) < 4.78 is 25.3. The average molecular weight is 330 g/mol. The molecule has 0 saturated carbocycles. The second-order valence-electron chi connectivity index (χ2n) is 6.65. The first kappa shape index (κ1) is 15.0. The van der Waals surface area contributed by atoms with Gasteiger partial charge in [0, 0.05) is 18.9 Å². The topological polar surface area (TPSA) is 53.2 Å². The van der Waals surface area contributed by atoms with Crippen molar-refractivity contribution in [3.05, 3.63) is 47.8 Å². The van der Waals surface area contributed by atoms with E-state index in [0.29, 0.717) is 15.7 Å². The third-order valence-corrected chi connectivity index (χ3v) is 6.92. The quantitative estimate of drug-likeness (QED) is 0.938. The van der Waals surface area contributed by atoms with Crippen LogP contribution in [0.2, 0.25) is 0 Å². The van der Waals surface area contributed by atoms with Crippen LogP contribution in [-0.4, -0.2) is 37.9 Å². The molecule has 4 rings (SSSR count). The standard InChI is InChI=1S/C18H22N2O2S/c21-23(22,17-7-8-19-12-17)16-5-6-18-14(11-16)3-1-4-15(18)13-20-9-2-10-20/h5-8,11-12,15,19H,1-4,9-10,13H2/t15-/m0/s1. The highest BCUT2D eigenvalue weighted by atomic mass is 32.2. The molecule has 1 aliphatic heterocycles. The number of nitrogens with zero attached hydrogens (tertiary/aromatic N) is 1. The van der Waals surface area contributed by atoms with Gasteiger partial charge in [-0.15, -0.1) is 0 Å². The molecule has 1 atom stereocenters. The summed E-state index contributed by atoms with van der Waals surface area (Å²) in [6.07, 6.45) is 7.86. The van der Waals surface area contributed by atoms with E-state index in [9.17, 15) is 8.42 Å². The zero-order valence-corrected chi connectivity index (χ0v) is 14.0. The Hall–Kier alpha value is -1.59. The summed E-state index contributed by atoms with van der Waals surface area (Å²) >= 11 is 0. The van der Waals surface area contributed by atoms with E-state index in [1.165, 1.54) is 37.1 Å². The van der Waals surface area contributed by atoms with E-state index in [4.69, 9.17) is 0 Å². The second kappa shape index (κ2) is 5.80. The van der Waals surface area contributed by atoms with Gasteiger partial charge in [-0.3, -0.25) is 0 Å². The van der Waals surface area contributed by atoms with Crippen molar-refractivity contribution in [3.8, 4) is 0 Å². The number of hydrogen-bond donors (Lipinski definition) is 1. The van der Waals surface area contributed by atoms with E-state index in [1.54, 1.807) is 24.5 Å². The van der Waals surface area contributed by atoms with Crippen molar-refractivity contribution < 1.29 is 8.42 Å². The number of hydrogen-bond acceptors (Lipinski definition) is 3. The fourth-order valence-electron chi connectivity index (χ4n) is 3.74. The van der Waals surface area contributed by atoms with Gasteiger partial charge in [0.15, 0.2) is 0 Å². The summed E-state index contributed by atoms with van der Waals surface area (Å²) in [6.45, 7) is 3.55. The van der Waals surface area contributed by atoms with Crippen LogP contribution in [0.1, 0.15) is 36.3 Å². The van der Waals surface area contributed by atoms with Crippen molar-refractivity contribution in [2.24, 2.45) is 0 Å². The van der Waals surface area contributed by atoms with E-state index in [2.05, 4.69) is 16.0 Å². The van der Waals surface area contributed by atoms with Gasteiger partial charge in [-0.25, -0.2) is 8.42 Å². The molecule has 0 bridgehead atoms. The highest BCUT2D eigenvalue weighted by Gasteiger charge is 2.27. The molecule has 5 heteroatoms. The van der Waals surface area contributed by atoms with Gasteiger partial charge >= 0.3 is 0 Å². The Morgan fingerprint density at radius 3 is 2.70 bits per heavy atom. The number of aryl methyl sites for hydroxylation is 1. The molecule has 2 aromatic rings. The van der Waals surface area contributed by atoms with E-state index < -0.39 is 9.84 Å². The molecule has 4 nitrogen and oxygen atoms in total. The molecule has 1 saturated heterocycles. The van der Waals surface area contributed by atoms with Crippen molar-refractivity contribution in [1.29, 1.82) is 0 Å². The van der Waals surface area contributed by atoms with Crippen LogP contribution in [0.5, 0.6) is 0 Å². The van der Waals surface area contributed by atoms with E-state index in [1.807, 2.05) is 6.07 Å². The number of sulfone groups is 1. The number of benzene rings is 1. The molecule has 0 radical (unpaired) electrons. The molecule has 0 spiro atoms. The minimum Gasteiger partial charge on any atom is -0.366 e.